The van der Waals surface area contributed by atoms with Gasteiger partial charge in [0.25, 0.3) is 0 Å². The molecule has 0 spiro atoms. The molecule has 2 nitrogen and oxygen atoms in total. The molecule has 11 aromatic carbocycles. The van der Waals surface area contributed by atoms with E-state index >= 15 is 0 Å². The minimum Gasteiger partial charge on any atom is -0.456 e. The van der Waals surface area contributed by atoms with Gasteiger partial charge in [0.05, 0.1) is 5.39 Å². The first-order valence-electron chi connectivity index (χ1n) is 19.9. The molecule has 0 radical (unpaired) electrons. The first-order chi connectivity index (χ1) is 28.7. The van der Waals surface area contributed by atoms with Gasteiger partial charge >= 0.3 is 0 Å². The Kier molecular flexibility index (Phi) is 6.47. The summed E-state index contributed by atoms with van der Waals surface area (Å²) >= 11 is 0. The van der Waals surface area contributed by atoms with Crippen LogP contribution in [-0.4, -0.2) is 0 Å². The highest BCUT2D eigenvalue weighted by atomic mass is 16.3. The Hall–Kier alpha value is -7.68. The molecule has 0 aliphatic carbocycles. The summed E-state index contributed by atoms with van der Waals surface area (Å²) in [5.41, 5.74) is 10.9. The summed E-state index contributed by atoms with van der Waals surface area (Å²) in [4.78, 5) is 0. The Morgan fingerprint density at radius 1 is 0.259 bits per heavy atom. The minimum absolute atomic E-state index is 0.841. The second-order valence-electron chi connectivity index (χ2n) is 15.5. The van der Waals surface area contributed by atoms with Gasteiger partial charge in [0.15, 0.2) is 0 Å². The van der Waals surface area contributed by atoms with E-state index in [2.05, 4.69) is 182 Å². The number of hydrogen-bond donors (Lipinski definition) is 0. The lowest BCUT2D eigenvalue weighted by Gasteiger charge is -2.18. The first kappa shape index (κ1) is 31.5. The van der Waals surface area contributed by atoms with Gasteiger partial charge < -0.3 is 8.83 Å². The molecule has 0 atom stereocenters. The predicted molar refractivity (Wildman–Crippen MR) is 245 cm³/mol. The van der Waals surface area contributed by atoms with Crippen molar-refractivity contribution in [3.05, 3.63) is 194 Å². The minimum atomic E-state index is 0.841. The molecule has 2 aromatic heterocycles. The topological polar surface area (TPSA) is 26.3 Å². The van der Waals surface area contributed by atoms with Crippen LogP contribution in [0.25, 0.3) is 131 Å². The van der Waals surface area contributed by atoms with Crippen LogP contribution in [0.3, 0.4) is 0 Å². The summed E-state index contributed by atoms with van der Waals surface area (Å²) in [6, 6.07) is 70.6. The molecule has 0 aliphatic heterocycles. The van der Waals surface area contributed by atoms with Crippen molar-refractivity contribution in [2.45, 2.75) is 0 Å². The van der Waals surface area contributed by atoms with Crippen LogP contribution in [0.4, 0.5) is 0 Å². The lowest BCUT2D eigenvalue weighted by atomic mass is 9.85. The molecule has 0 amide bonds. The fraction of sp³-hybridized carbons (Fsp3) is 0. The molecule has 0 bridgehead atoms. The van der Waals surface area contributed by atoms with Gasteiger partial charge in [-0.15, -0.1) is 0 Å². The summed E-state index contributed by atoms with van der Waals surface area (Å²) in [5, 5.41) is 16.5. The maximum atomic E-state index is 6.81. The third kappa shape index (κ3) is 4.48. The maximum absolute atomic E-state index is 6.81. The summed E-state index contributed by atoms with van der Waals surface area (Å²) in [6.07, 6.45) is 0. The second-order valence-corrected chi connectivity index (χ2v) is 15.5. The normalized spacial score (nSPS) is 12.1. The highest BCUT2D eigenvalue weighted by Gasteiger charge is 2.20. The highest BCUT2D eigenvalue weighted by molar-refractivity contribution is 6.26. The monoisotopic (exact) mass is 736 g/mol. The Labute approximate surface area is 332 Å². The Bertz CT molecular complexity index is 3800. The van der Waals surface area contributed by atoms with Gasteiger partial charge in [0, 0.05) is 21.5 Å². The molecular formula is C56H32O2. The molecule has 0 unspecified atom stereocenters. The van der Waals surface area contributed by atoms with E-state index in [4.69, 9.17) is 8.83 Å². The fourth-order valence-corrected chi connectivity index (χ4v) is 9.77. The Balaban J connectivity index is 0.987. The number of benzene rings is 11. The van der Waals surface area contributed by atoms with Gasteiger partial charge in [-0.25, -0.2) is 0 Å². The quantitative estimate of drug-likeness (QED) is 0.169. The fourth-order valence-electron chi connectivity index (χ4n) is 9.77. The summed E-state index contributed by atoms with van der Waals surface area (Å²) in [7, 11) is 0. The van der Waals surface area contributed by atoms with Gasteiger partial charge in [-0.1, -0.05) is 152 Å². The number of fused-ring (bicyclic) bond motifs is 13. The molecule has 0 aliphatic rings. The van der Waals surface area contributed by atoms with Gasteiger partial charge in [0.1, 0.15) is 22.3 Å². The van der Waals surface area contributed by atoms with Crippen molar-refractivity contribution in [1.82, 2.24) is 0 Å². The molecule has 0 fully saturated rings. The zero-order valence-electron chi connectivity index (χ0n) is 31.3. The molecule has 0 saturated carbocycles. The van der Waals surface area contributed by atoms with Crippen LogP contribution < -0.4 is 0 Å². The average molecular weight is 737 g/mol. The molecule has 58 heavy (non-hydrogen) atoms. The zero-order valence-corrected chi connectivity index (χ0v) is 31.3. The lowest BCUT2D eigenvalue weighted by molar-refractivity contribution is 0.664. The van der Waals surface area contributed by atoms with E-state index in [0.29, 0.717) is 0 Å². The third-order valence-electron chi connectivity index (χ3n) is 12.4. The number of hydrogen-bond acceptors (Lipinski definition) is 2. The SMILES string of the molecule is c1ccc2cc(-c3c4ccccc4c(-c4ccc5cc(-c6cc7c8ccc9oc%10ccccc%10c9c8oc7c7ccccc67)ccc5c4)c4ccccc34)ccc2c1. The molecular weight excluding hydrogens is 705 g/mol. The van der Waals surface area contributed by atoms with E-state index in [9.17, 15) is 0 Å². The van der Waals surface area contributed by atoms with Crippen LogP contribution in [-0.2, 0) is 0 Å². The van der Waals surface area contributed by atoms with Crippen LogP contribution in [0.1, 0.15) is 0 Å². The van der Waals surface area contributed by atoms with E-state index in [1.165, 1.54) is 81.9 Å². The van der Waals surface area contributed by atoms with Crippen molar-refractivity contribution in [2.24, 2.45) is 0 Å². The molecule has 2 heterocycles. The van der Waals surface area contributed by atoms with Crippen LogP contribution in [0.5, 0.6) is 0 Å². The van der Waals surface area contributed by atoms with Crippen molar-refractivity contribution >= 4 is 97.7 Å². The number of para-hydroxylation sites is 1. The largest absolute Gasteiger partial charge is 0.456 e. The Morgan fingerprint density at radius 2 is 0.741 bits per heavy atom. The average Bonchev–Trinajstić information content (AvgIpc) is 3.86. The van der Waals surface area contributed by atoms with E-state index < -0.39 is 0 Å². The van der Waals surface area contributed by atoms with E-state index in [0.717, 1.165) is 49.3 Å². The first-order valence-corrected chi connectivity index (χ1v) is 19.9. The lowest BCUT2D eigenvalue weighted by Crippen LogP contribution is -1.91. The predicted octanol–water partition coefficient (Wildman–Crippen LogP) is 16.3. The zero-order chi connectivity index (χ0) is 37.9. The Morgan fingerprint density at radius 3 is 1.41 bits per heavy atom. The van der Waals surface area contributed by atoms with E-state index in [1.807, 2.05) is 12.1 Å². The van der Waals surface area contributed by atoms with E-state index in [1.54, 1.807) is 0 Å². The molecule has 268 valence electrons. The third-order valence-corrected chi connectivity index (χ3v) is 12.4. The summed E-state index contributed by atoms with van der Waals surface area (Å²) < 4.78 is 13.0. The van der Waals surface area contributed by atoms with Crippen molar-refractivity contribution in [3.8, 4) is 33.4 Å². The van der Waals surface area contributed by atoms with Crippen LogP contribution in [0.15, 0.2) is 203 Å². The van der Waals surface area contributed by atoms with Crippen LogP contribution in [0, 0.1) is 0 Å². The van der Waals surface area contributed by atoms with Gasteiger partial charge in [-0.05, 0) is 124 Å². The summed E-state index contributed by atoms with van der Waals surface area (Å²) in [5.74, 6) is 0. The van der Waals surface area contributed by atoms with Crippen molar-refractivity contribution < 1.29 is 8.83 Å². The second kappa shape index (κ2) is 11.9. The molecule has 13 aromatic rings. The van der Waals surface area contributed by atoms with Crippen molar-refractivity contribution in [3.63, 3.8) is 0 Å². The maximum Gasteiger partial charge on any atom is 0.147 e. The van der Waals surface area contributed by atoms with Gasteiger partial charge in [-0.3, -0.25) is 0 Å². The molecule has 13 rings (SSSR count). The van der Waals surface area contributed by atoms with E-state index in [-0.39, 0.29) is 0 Å². The highest BCUT2D eigenvalue weighted by Crippen LogP contribution is 2.46. The molecule has 2 heteroatoms. The molecule has 0 N–H and O–H groups in total. The number of furan rings is 2. The van der Waals surface area contributed by atoms with Gasteiger partial charge in [0.2, 0.25) is 0 Å². The van der Waals surface area contributed by atoms with Crippen molar-refractivity contribution in [2.75, 3.05) is 0 Å². The molecule has 0 saturated heterocycles. The smallest absolute Gasteiger partial charge is 0.147 e. The summed E-state index contributed by atoms with van der Waals surface area (Å²) in [6.45, 7) is 0. The van der Waals surface area contributed by atoms with Crippen LogP contribution >= 0.6 is 0 Å². The van der Waals surface area contributed by atoms with Crippen LogP contribution in [0.2, 0.25) is 0 Å². The van der Waals surface area contributed by atoms with Crippen molar-refractivity contribution in [1.29, 1.82) is 0 Å². The number of rotatable bonds is 3. The standard InChI is InChI=1S/C56H32O2/c1-2-12-34-30-38(25-21-33(34)11-1)52-41-14-4-6-16-43(41)53(44-17-7-5-15-42(44)52)39-26-23-35-29-37(24-22-36(35)31-39)48-32-49-46-27-28-51-54(47-19-9-10-20-50(47)57-51)56(46)58-55(49)45-18-8-3-13-40(45)48/h1-32H. The van der Waals surface area contributed by atoms with Gasteiger partial charge in [-0.2, -0.15) is 0 Å².